The average molecular weight is 311 g/mol. The maximum absolute atomic E-state index is 11.5. The molecule has 0 bridgehead atoms. The number of carbonyl (C=O) groups excluding carboxylic acids is 1. The molecular weight excluding hydrogens is 272 g/mol. The molecule has 130 valence electrons. The Morgan fingerprint density at radius 1 is 0.909 bits per heavy atom. The molecule has 0 atom stereocenters. The van der Waals surface area contributed by atoms with E-state index in [9.17, 15) is 4.79 Å². The average Bonchev–Trinajstić information content (AvgIpc) is 2.48. The van der Waals surface area contributed by atoms with Crippen LogP contribution in [0.25, 0.3) is 0 Å². The summed E-state index contributed by atoms with van der Waals surface area (Å²) in [6.07, 6.45) is 18.1. The summed E-state index contributed by atoms with van der Waals surface area (Å²) in [5, 5.41) is 0. The fourth-order valence-corrected chi connectivity index (χ4v) is 2.34. The third kappa shape index (κ3) is 17.3. The first-order valence-corrected chi connectivity index (χ1v) is 9.47. The van der Waals surface area contributed by atoms with Crippen LogP contribution in [-0.4, -0.2) is 12.6 Å². The number of unbranched alkanes of at least 4 members (excludes halogenated alkanes) is 7. The van der Waals surface area contributed by atoms with Crippen LogP contribution in [0.3, 0.4) is 0 Å². The van der Waals surface area contributed by atoms with Crippen LogP contribution in [0.1, 0.15) is 97.8 Å². The molecule has 0 amide bonds. The zero-order valence-electron chi connectivity index (χ0n) is 15.2. The molecule has 0 rings (SSSR count). The van der Waals surface area contributed by atoms with E-state index < -0.39 is 0 Å². The van der Waals surface area contributed by atoms with Gasteiger partial charge in [-0.25, -0.2) is 0 Å². The zero-order chi connectivity index (χ0) is 16.5. The minimum Gasteiger partial charge on any atom is -0.466 e. The van der Waals surface area contributed by atoms with Crippen molar-refractivity contribution in [3.8, 4) is 0 Å². The van der Waals surface area contributed by atoms with E-state index in [0.29, 0.717) is 13.0 Å². The summed E-state index contributed by atoms with van der Waals surface area (Å²) < 4.78 is 5.26. The van der Waals surface area contributed by atoms with Gasteiger partial charge in [0.1, 0.15) is 0 Å². The Hall–Kier alpha value is -0.790. The topological polar surface area (TPSA) is 26.3 Å². The lowest BCUT2D eigenvalue weighted by Crippen LogP contribution is -2.05. The lowest BCUT2D eigenvalue weighted by Gasteiger charge is -2.04. The quantitative estimate of drug-likeness (QED) is 0.197. The number of hydrogen-bond acceptors (Lipinski definition) is 2. The molecule has 0 heterocycles. The second kappa shape index (κ2) is 16.6. The van der Waals surface area contributed by atoms with Crippen molar-refractivity contribution in [3.63, 3.8) is 0 Å². The van der Waals surface area contributed by atoms with Gasteiger partial charge < -0.3 is 4.74 Å². The predicted molar refractivity (Wildman–Crippen MR) is 96.0 cm³/mol. The molecule has 2 nitrogen and oxygen atoms in total. The highest BCUT2D eigenvalue weighted by molar-refractivity contribution is 5.69. The van der Waals surface area contributed by atoms with Crippen molar-refractivity contribution in [2.24, 2.45) is 5.92 Å². The molecule has 0 aliphatic rings. The molecule has 0 aromatic carbocycles. The van der Waals surface area contributed by atoms with Gasteiger partial charge in [0.25, 0.3) is 0 Å². The molecule has 0 fully saturated rings. The highest BCUT2D eigenvalue weighted by atomic mass is 16.5. The van der Waals surface area contributed by atoms with Crippen molar-refractivity contribution in [2.75, 3.05) is 6.61 Å². The number of rotatable bonds is 15. The van der Waals surface area contributed by atoms with Crippen LogP contribution in [0.2, 0.25) is 0 Å². The predicted octanol–water partition coefficient (Wildman–Crippen LogP) is 6.44. The van der Waals surface area contributed by atoms with Crippen LogP contribution in [0.4, 0.5) is 0 Å². The molecule has 0 saturated heterocycles. The van der Waals surface area contributed by atoms with Crippen molar-refractivity contribution >= 4 is 5.97 Å². The van der Waals surface area contributed by atoms with Gasteiger partial charge in [-0.3, -0.25) is 4.79 Å². The molecule has 0 aromatic heterocycles. The molecule has 0 aromatic rings. The first-order chi connectivity index (χ1) is 10.7. The summed E-state index contributed by atoms with van der Waals surface area (Å²) >= 11 is 0. The maximum atomic E-state index is 11.5. The molecule has 0 unspecified atom stereocenters. The Labute approximate surface area is 138 Å². The molecule has 0 radical (unpaired) electrons. The minimum atomic E-state index is -0.0163. The van der Waals surface area contributed by atoms with E-state index in [-0.39, 0.29) is 5.97 Å². The fraction of sp³-hybridized carbons (Fsp3) is 0.850. The van der Waals surface area contributed by atoms with Crippen LogP contribution < -0.4 is 0 Å². The molecule has 0 aliphatic carbocycles. The Bertz CT molecular complexity index is 269. The van der Waals surface area contributed by atoms with Crippen LogP contribution in [0.5, 0.6) is 0 Å². The molecule has 22 heavy (non-hydrogen) atoms. The third-order valence-electron chi connectivity index (χ3n) is 3.84. The van der Waals surface area contributed by atoms with Gasteiger partial charge in [0.15, 0.2) is 0 Å². The summed E-state index contributed by atoms with van der Waals surface area (Å²) in [5.41, 5.74) is 0. The lowest BCUT2D eigenvalue weighted by molar-refractivity contribution is -0.143. The van der Waals surface area contributed by atoms with E-state index in [2.05, 4.69) is 32.9 Å². The van der Waals surface area contributed by atoms with Crippen molar-refractivity contribution in [2.45, 2.75) is 97.8 Å². The molecule has 0 spiro atoms. The number of ether oxygens (including phenoxy) is 1. The summed E-state index contributed by atoms with van der Waals surface area (Å²) in [5.74, 6) is 0.767. The number of allylic oxidation sites excluding steroid dienone is 2. The van der Waals surface area contributed by atoms with Gasteiger partial charge in [0.2, 0.25) is 0 Å². The maximum Gasteiger partial charge on any atom is 0.305 e. The van der Waals surface area contributed by atoms with Gasteiger partial charge in [0.05, 0.1) is 6.61 Å². The van der Waals surface area contributed by atoms with Crippen molar-refractivity contribution in [1.29, 1.82) is 0 Å². The Morgan fingerprint density at radius 3 is 2.32 bits per heavy atom. The number of hydrogen-bond donors (Lipinski definition) is 0. The largest absolute Gasteiger partial charge is 0.466 e. The Balaban J connectivity index is 3.25. The highest BCUT2D eigenvalue weighted by Gasteiger charge is 2.01. The summed E-state index contributed by atoms with van der Waals surface area (Å²) in [6, 6.07) is 0. The molecule has 0 N–H and O–H groups in total. The van der Waals surface area contributed by atoms with Gasteiger partial charge in [-0.15, -0.1) is 0 Å². The number of carbonyl (C=O) groups is 1. The minimum absolute atomic E-state index is 0.0163. The van der Waals surface area contributed by atoms with Gasteiger partial charge in [-0.05, 0) is 44.4 Å². The molecule has 2 heteroatoms. The lowest BCUT2D eigenvalue weighted by atomic mass is 10.1. The molecular formula is C20H38O2. The van der Waals surface area contributed by atoms with Gasteiger partial charge in [0, 0.05) is 6.42 Å². The zero-order valence-corrected chi connectivity index (χ0v) is 15.2. The first-order valence-electron chi connectivity index (χ1n) is 9.47. The van der Waals surface area contributed by atoms with E-state index in [1.165, 1.54) is 44.9 Å². The smallest absolute Gasteiger partial charge is 0.305 e. The van der Waals surface area contributed by atoms with E-state index >= 15 is 0 Å². The number of esters is 1. The summed E-state index contributed by atoms with van der Waals surface area (Å²) in [7, 11) is 0. The SMILES string of the molecule is CCCCCCCCOC(=O)CCCC/C=C/CCC(C)C. The van der Waals surface area contributed by atoms with Gasteiger partial charge >= 0.3 is 5.97 Å². The van der Waals surface area contributed by atoms with Gasteiger partial charge in [-0.2, -0.15) is 0 Å². The molecule has 0 aliphatic heterocycles. The van der Waals surface area contributed by atoms with Crippen LogP contribution in [0, 0.1) is 5.92 Å². The standard InChI is InChI=1S/C20H38O2/c1-4-5-6-7-12-15-18-22-20(21)17-14-11-9-8-10-13-16-19(2)3/h8,10,19H,4-7,9,11-18H2,1-3H3/b10-8+. The van der Waals surface area contributed by atoms with E-state index in [0.717, 1.165) is 31.6 Å². The summed E-state index contributed by atoms with van der Waals surface area (Å²) in [6.45, 7) is 7.35. The van der Waals surface area contributed by atoms with Gasteiger partial charge in [-0.1, -0.05) is 65.0 Å². The molecule has 0 saturated carbocycles. The normalized spacial score (nSPS) is 11.5. The fourth-order valence-electron chi connectivity index (χ4n) is 2.34. The Kier molecular flexibility index (Phi) is 16.0. The summed E-state index contributed by atoms with van der Waals surface area (Å²) in [4.78, 5) is 11.5. The van der Waals surface area contributed by atoms with E-state index in [1.807, 2.05) is 0 Å². The van der Waals surface area contributed by atoms with Crippen molar-refractivity contribution < 1.29 is 9.53 Å². The third-order valence-corrected chi connectivity index (χ3v) is 3.84. The van der Waals surface area contributed by atoms with Crippen LogP contribution in [-0.2, 0) is 9.53 Å². The first kappa shape index (κ1) is 21.2. The monoisotopic (exact) mass is 310 g/mol. The second-order valence-corrected chi connectivity index (χ2v) is 6.68. The van der Waals surface area contributed by atoms with Crippen molar-refractivity contribution in [1.82, 2.24) is 0 Å². The second-order valence-electron chi connectivity index (χ2n) is 6.68. The van der Waals surface area contributed by atoms with E-state index in [1.54, 1.807) is 0 Å². The van der Waals surface area contributed by atoms with E-state index in [4.69, 9.17) is 4.74 Å². The van der Waals surface area contributed by atoms with Crippen LogP contribution in [0.15, 0.2) is 12.2 Å². The highest BCUT2D eigenvalue weighted by Crippen LogP contribution is 2.08. The van der Waals surface area contributed by atoms with Crippen LogP contribution >= 0.6 is 0 Å². The Morgan fingerprint density at radius 2 is 1.59 bits per heavy atom. The van der Waals surface area contributed by atoms with Crippen molar-refractivity contribution in [3.05, 3.63) is 12.2 Å².